The predicted molar refractivity (Wildman–Crippen MR) is 106 cm³/mol. The van der Waals surface area contributed by atoms with Crippen molar-refractivity contribution in [2.24, 2.45) is 16.3 Å². The van der Waals surface area contributed by atoms with Gasteiger partial charge >= 0.3 is 5.97 Å². The molecule has 1 aliphatic rings. The molecule has 1 aliphatic carbocycles. The van der Waals surface area contributed by atoms with Gasteiger partial charge in [0.25, 0.3) is 0 Å². The third-order valence-electron chi connectivity index (χ3n) is 4.44. The lowest BCUT2D eigenvalue weighted by atomic mass is 9.64. The van der Waals surface area contributed by atoms with Gasteiger partial charge in [0.15, 0.2) is 5.96 Å². The van der Waals surface area contributed by atoms with Gasteiger partial charge < -0.3 is 15.4 Å². The molecule has 0 aromatic rings. The van der Waals surface area contributed by atoms with E-state index in [9.17, 15) is 4.79 Å². The number of aliphatic imine (C=N–C) groups is 1. The molecule has 0 aromatic carbocycles. The van der Waals surface area contributed by atoms with Crippen LogP contribution in [0.4, 0.5) is 0 Å². The van der Waals surface area contributed by atoms with Crippen molar-refractivity contribution in [1.82, 2.24) is 10.6 Å². The number of halogens is 1. The molecule has 0 unspecified atom stereocenters. The number of guanidine groups is 1. The Morgan fingerprint density at radius 2 is 1.96 bits per heavy atom. The summed E-state index contributed by atoms with van der Waals surface area (Å²) >= 11 is 0. The molecule has 0 bridgehead atoms. The largest absolute Gasteiger partial charge is 0.469 e. The SMILES string of the molecule is CN=C(NCCCCC(=O)OC)NCC1(CC(C)C)CCC1.I. The van der Waals surface area contributed by atoms with Crippen LogP contribution in [0.15, 0.2) is 4.99 Å². The average molecular weight is 439 g/mol. The van der Waals surface area contributed by atoms with Gasteiger partial charge in [-0.05, 0) is 43.4 Å². The van der Waals surface area contributed by atoms with Crippen molar-refractivity contribution in [1.29, 1.82) is 0 Å². The molecule has 0 atom stereocenters. The van der Waals surface area contributed by atoms with E-state index < -0.39 is 0 Å². The van der Waals surface area contributed by atoms with Crippen LogP contribution in [0.5, 0.6) is 0 Å². The first-order valence-corrected chi connectivity index (χ1v) is 8.53. The number of carbonyl (C=O) groups excluding carboxylic acids is 1. The van der Waals surface area contributed by atoms with Crippen molar-refractivity contribution in [3.63, 3.8) is 0 Å². The minimum Gasteiger partial charge on any atom is -0.469 e. The van der Waals surface area contributed by atoms with E-state index in [-0.39, 0.29) is 29.9 Å². The lowest BCUT2D eigenvalue weighted by molar-refractivity contribution is -0.140. The van der Waals surface area contributed by atoms with Crippen LogP contribution in [0.3, 0.4) is 0 Å². The highest BCUT2D eigenvalue weighted by molar-refractivity contribution is 14.0. The quantitative estimate of drug-likeness (QED) is 0.190. The molecule has 0 heterocycles. The van der Waals surface area contributed by atoms with Gasteiger partial charge in [0.2, 0.25) is 0 Å². The van der Waals surface area contributed by atoms with E-state index in [1.54, 1.807) is 7.05 Å². The maximum absolute atomic E-state index is 11.0. The number of ether oxygens (including phenoxy) is 1. The number of carbonyl (C=O) groups is 1. The highest BCUT2D eigenvalue weighted by Gasteiger charge is 2.37. The molecule has 0 spiro atoms. The maximum atomic E-state index is 11.0. The molecule has 0 saturated heterocycles. The number of rotatable bonds is 9. The highest BCUT2D eigenvalue weighted by atomic mass is 127. The van der Waals surface area contributed by atoms with Crippen LogP contribution in [0.2, 0.25) is 0 Å². The van der Waals surface area contributed by atoms with Gasteiger partial charge in [-0.2, -0.15) is 0 Å². The Balaban J connectivity index is 0.00000484. The third kappa shape index (κ3) is 8.77. The fraction of sp³-hybridized carbons (Fsp3) is 0.882. The average Bonchev–Trinajstić information content (AvgIpc) is 2.46. The van der Waals surface area contributed by atoms with Crippen LogP contribution in [0, 0.1) is 11.3 Å². The van der Waals surface area contributed by atoms with Crippen molar-refractivity contribution in [3.8, 4) is 0 Å². The normalized spacial score (nSPS) is 16.3. The fourth-order valence-corrected chi connectivity index (χ4v) is 3.19. The minimum atomic E-state index is -0.136. The monoisotopic (exact) mass is 439 g/mol. The van der Waals surface area contributed by atoms with Crippen LogP contribution in [-0.4, -0.2) is 39.2 Å². The number of hydrogen-bond donors (Lipinski definition) is 2. The smallest absolute Gasteiger partial charge is 0.305 e. The Kier molecular flexibility index (Phi) is 11.6. The van der Waals surface area contributed by atoms with Gasteiger partial charge in [-0.3, -0.25) is 9.79 Å². The summed E-state index contributed by atoms with van der Waals surface area (Å²) in [6, 6.07) is 0. The number of nitrogens with zero attached hydrogens (tertiary/aromatic N) is 1. The second-order valence-corrected chi connectivity index (χ2v) is 6.84. The number of nitrogens with one attached hydrogen (secondary N) is 2. The van der Waals surface area contributed by atoms with Gasteiger partial charge in [-0.25, -0.2) is 0 Å². The first-order valence-electron chi connectivity index (χ1n) is 8.53. The second-order valence-electron chi connectivity index (χ2n) is 6.84. The molecule has 0 aromatic heterocycles. The molecule has 0 radical (unpaired) electrons. The zero-order chi connectivity index (χ0) is 16.4. The van der Waals surface area contributed by atoms with Crippen molar-refractivity contribution in [2.45, 2.75) is 58.8 Å². The number of methoxy groups -OCH3 is 1. The highest BCUT2D eigenvalue weighted by Crippen LogP contribution is 2.45. The van der Waals surface area contributed by atoms with Crippen LogP contribution in [0.1, 0.15) is 58.8 Å². The van der Waals surface area contributed by atoms with Crippen molar-refractivity contribution >= 4 is 35.9 Å². The molecule has 1 saturated carbocycles. The summed E-state index contributed by atoms with van der Waals surface area (Å²) in [5.74, 6) is 1.48. The molecule has 2 N–H and O–H groups in total. The molecule has 1 fully saturated rings. The molecular formula is C17H34IN3O2. The minimum absolute atomic E-state index is 0. The fourth-order valence-electron chi connectivity index (χ4n) is 3.19. The maximum Gasteiger partial charge on any atom is 0.305 e. The molecule has 136 valence electrons. The number of esters is 1. The van der Waals surface area contributed by atoms with E-state index in [2.05, 4.69) is 34.2 Å². The number of unbranched alkanes of at least 4 members (excludes halogenated alkanes) is 1. The zero-order valence-corrected chi connectivity index (χ0v) is 17.4. The van der Waals surface area contributed by atoms with Crippen LogP contribution >= 0.6 is 24.0 Å². The topological polar surface area (TPSA) is 62.7 Å². The summed E-state index contributed by atoms with van der Waals surface area (Å²) in [7, 11) is 3.24. The van der Waals surface area contributed by atoms with Gasteiger partial charge in [-0.1, -0.05) is 20.3 Å². The van der Waals surface area contributed by atoms with Gasteiger partial charge in [0.1, 0.15) is 0 Å². The summed E-state index contributed by atoms with van der Waals surface area (Å²) in [5.41, 5.74) is 0.469. The molecule has 6 heteroatoms. The summed E-state index contributed by atoms with van der Waals surface area (Å²) in [6.07, 6.45) is 7.56. The molecule has 0 aliphatic heterocycles. The van der Waals surface area contributed by atoms with E-state index >= 15 is 0 Å². The lowest BCUT2D eigenvalue weighted by Crippen LogP contribution is -2.47. The summed E-state index contributed by atoms with van der Waals surface area (Å²) in [6.45, 7) is 6.43. The first-order chi connectivity index (χ1) is 10.5. The molecular weight excluding hydrogens is 405 g/mol. The summed E-state index contributed by atoms with van der Waals surface area (Å²) in [5, 5.41) is 6.80. The van der Waals surface area contributed by atoms with Crippen molar-refractivity contribution in [2.75, 3.05) is 27.2 Å². The Bertz CT molecular complexity index is 369. The van der Waals surface area contributed by atoms with E-state index in [0.29, 0.717) is 11.8 Å². The Morgan fingerprint density at radius 1 is 1.26 bits per heavy atom. The van der Waals surface area contributed by atoms with Gasteiger partial charge in [0, 0.05) is 26.6 Å². The Hall–Kier alpha value is -0.530. The van der Waals surface area contributed by atoms with Crippen molar-refractivity contribution in [3.05, 3.63) is 0 Å². The van der Waals surface area contributed by atoms with Crippen LogP contribution in [0.25, 0.3) is 0 Å². The van der Waals surface area contributed by atoms with Crippen LogP contribution in [-0.2, 0) is 9.53 Å². The molecule has 1 rings (SSSR count). The second kappa shape index (κ2) is 11.9. The lowest BCUT2D eigenvalue weighted by Gasteiger charge is -2.43. The molecule has 5 nitrogen and oxygen atoms in total. The van der Waals surface area contributed by atoms with Crippen LogP contribution < -0.4 is 10.6 Å². The predicted octanol–water partition coefficient (Wildman–Crippen LogP) is 3.33. The van der Waals surface area contributed by atoms with E-state index in [1.165, 1.54) is 32.8 Å². The zero-order valence-electron chi connectivity index (χ0n) is 15.1. The molecule has 23 heavy (non-hydrogen) atoms. The van der Waals surface area contributed by atoms with Crippen molar-refractivity contribution < 1.29 is 9.53 Å². The Labute approximate surface area is 158 Å². The van der Waals surface area contributed by atoms with E-state index in [1.807, 2.05) is 0 Å². The van der Waals surface area contributed by atoms with E-state index in [0.717, 1.165) is 37.8 Å². The summed E-state index contributed by atoms with van der Waals surface area (Å²) in [4.78, 5) is 15.3. The third-order valence-corrected chi connectivity index (χ3v) is 4.44. The first kappa shape index (κ1) is 22.5. The van der Waals surface area contributed by atoms with Gasteiger partial charge in [0.05, 0.1) is 7.11 Å². The standard InChI is InChI=1S/C17H33N3O2.HI/c1-14(2)12-17(9-7-10-17)13-20-16(18-3)19-11-6-5-8-15(21)22-4;/h14H,5-13H2,1-4H3,(H2,18,19,20);1H. The summed E-state index contributed by atoms with van der Waals surface area (Å²) < 4.78 is 4.63. The van der Waals surface area contributed by atoms with E-state index in [4.69, 9.17) is 0 Å². The molecule has 0 amide bonds. The van der Waals surface area contributed by atoms with Gasteiger partial charge in [-0.15, -0.1) is 24.0 Å². The number of hydrogen-bond acceptors (Lipinski definition) is 3. The Morgan fingerprint density at radius 3 is 2.43 bits per heavy atom.